The van der Waals surface area contributed by atoms with Gasteiger partial charge in [0.25, 0.3) is 0 Å². The minimum absolute atomic E-state index is 0.402. The molecule has 0 aliphatic heterocycles. The van der Waals surface area contributed by atoms with E-state index in [0.29, 0.717) is 9.84 Å². The van der Waals surface area contributed by atoms with Gasteiger partial charge >= 0.3 is 91.3 Å². The molecule has 2 atom stereocenters. The molecule has 0 radical (unpaired) electrons. The van der Waals surface area contributed by atoms with E-state index >= 15 is 0 Å². The topological polar surface area (TPSA) is 78.1 Å². The molecule has 0 aromatic rings. The SMILES string of the molecule is CC[C@@H](C1CC=C1C)I(N)(N)=IN. The van der Waals surface area contributed by atoms with E-state index in [1.54, 1.807) is 0 Å². The predicted molar refractivity (Wildman–Crippen MR) is 76.5 cm³/mol. The van der Waals surface area contributed by atoms with Gasteiger partial charge in [0.05, 0.1) is 0 Å². The van der Waals surface area contributed by atoms with Gasteiger partial charge in [-0.3, -0.25) is 0 Å². The van der Waals surface area contributed by atoms with Crippen LogP contribution in [0.5, 0.6) is 0 Å². The van der Waals surface area contributed by atoms with Crippen molar-refractivity contribution in [2.45, 2.75) is 30.6 Å². The molecule has 0 bridgehead atoms. The Balaban J connectivity index is 2.81. The van der Waals surface area contributed by atoms with Gasteiger partial charge in [-0.15, -0.1) is 0 Å². The second-order valence-corrected chi connectivity index (χ2v) is 21.7. The molecule has 1 aliphatic carbocycles. The van der Waals surface area contributed by atoms with Crippen LogP contribution in [0.25, 0.3) is 0 Å². The van der Waals surface area contributed by atoms with Crippen molar-refractivity contribution in [1.82, 2.24) is 0 Å². The number of nitrogens with two attached hydrogens (primary N) is 3. The van der Waals surface area contributed by atoms with Crippen LogP contribution in [0.4, 0.5) is 0 Å². The number of rotatable bonds is 3. The Morgan fingerprint density at radius 1 is 1.69 bits per heavy atom. The maximum atomic E-state index is 6.20. The quantitative estimate of drug-likeness (QED) is 0.289. The molecule has 0 fully saturated rings. The summed E-state index contributed by atoms with van der Waals surface area (Å²) in [5, 5.41) is 0. The molecule has 3 nitrogen and oxygen atoms in total. The van der Waals surface area contributed by atoms with Gasteiger partial charge in [0, 0.05) is 0 Å². The summed E-state index contributed by atoms with van der Waals surface area (Å²) in [6.07, 6.45) is 4.56. The predicted octanol–water partition coefficient (Wildman–Crippen LogP) is 2.28. The monoisotopic (exact) mass is 411 g/mol. The Morgan fingerprint density at radius 3 is 2.54 bits per heavy atom. The molecule has 0 heterocycles. The van der Waals surface area contributed by atoms with Gasteiger partial charge in [-0.2, -0.15) is 0 Å². The molecule has 0 aromatic heterocycles. The third-order valence-corrected chi connectivity index (χ3v) is 17.2. The summed E-state index contributed by atoms with van der Waals surface area (Å²) in [6, 6.07) is 0. The summed E-state index contributed by atoms with van der Waals surface area (Å²) in [5.74, 6) is 0.666. The van der Waals surface area contributed by atoms with E-state index in [2.05, 4.69) is 19.9 Å². The zero-order chi connectivity index (χ0) is 10.1. The van der Waals surface area contributed by atoms with Gasteiger partial charge in [-0.05, 0) is 0 Å². The van der Waals surface area contributed by atoms with Crippen LogP contribution in [0.1, 0.15) is 26.7 Å². The zero-order valence-electron chi connectivity index (χ0n) is 8.13. The van der Waals surface area contributed by atoms with Crippen molar-refractivity contribution in [3.05, 3.63) is 11.6 Å². The third-order valence-electron chi connectivity index (χ3n) is 2.68. The molecule has 80 valence electrons. The average molecular weight is 411 g/mol. The van der Waals surface area contributed by atoms with Gasteiger partial charge in [0.2, 0.25) is 0 Å². The number of allylic oxidation sites excluding steroid dienone is 2. The molecule has 0 amide bonds. The van der Waals surface area contributed by atoms with Crippen LogP contribution in [0.3, 0.4) is 0 Å². The summed E-state index contributed by atoms with van der Waals surface area (Å²) < 4.78 is 18.7. The first-order chi connectivity index (χ1) is 6.03. The van der Waals surface area contributed by atoms with Gasteiger partial charge < -0.3 is 0 Å². The molecule has 0 aromatic carbocycles. The van der Waals surface area contributed by atoms with Gasteiger partial charge in [-0.25, -0.2) is 0 Å². The number of alkyl halides is 1. The first-order valence-corrected chi connectivity index (χ1v) is 15.6. The van der Waals surface area contributed by atoms with Crippen molar-refractivity contribution in [3.63, 3.8) is 0 Å². The average Bonchev–Trinajstić information content (AvgIpc) is 2.10. The molecule has 1 rings (SSSR count). The summed E-state index contributed by atoms with van der Waals surface area (Å²) in [7, 11) is 0. The van der Waals surface area contributed by atoms with E-state index in [0.717, 1.165) is 6.42 Å². The van der Waals surface area contributed by atoms with E-state index in [1.807, 2.05) is 0 Å². The number of hydrogen-bond donors (Lipinski definition) is 3. The Morgan fingerprint density at radius 2 is 2.31 bits per heavy atom. The summed E-state index contributed by atoms with van der Waals surface area (Å²) >= 11 is -2.86. The third kappa shape index (κ3) is 2.55. The molecule has 0 saturated heterocycles. The Kier molecular flexibility index (Phi) is 4.42. The molecule has 13 heavy (non-hydrogen) atoms. The zero-order valence-corrected chi connectivity index (χ0v) is 12.4. The second kappa shape index (κ2) is 4.73. The van der Waals surface area contributed by atoms with Crippen LogP contribution in [-0.2, 0) is 0 Å². The van der Waals surface area contributed by atoms with Crippen molar-refractivity contribution < 1.29 is 0 Å². The van der Waals surface area contributed by atoms with Crippen LogP contribution in [0.15, 0.2) is 11.6 Å². The first-order valence-electron chi connectivity index (χ1n) is 4.36. The number of hydrogen-bond acceptors (Lipinski definition) is 3. The van der Waals surface area contributed by atoms with Gasteiger partial charge in [-0.1, -0.05) is 0 Å². The molecule has 1 aliphatic rings. The Hall–Kier alpha value is 1.08. The van der Waals surface area contributed by atoms with Crippen LogP contribution >= 0.6 is 31.2 Å². The van der Waals surface area contributed by atoms with E-state index in [-0.39, 0.29) is 0 Å². The Bertz CT molecular complexity index is 267. The fraction of sp³-hybridized carbons (Fsp3) is 0.750. The van der Waals surface area contributed by atoms with Crippen LogP contribution in [0, 0.1) is 5.92 Å². The molecular formula is C8H19I2N3. The van der Waals surface area contributed by atoms with E-state index in [9.17, 15) is 0 Å². The van der Waals surface area contributed by atoms with Crippen molar-refractivity contribution in [2.75, 3.05) is 0 Å². The van der Waals surface area contributed by atoms with E-state index in [1.165, 1.54) is 12.0 Å². The standard InChI is InChI=1S/C8H19I2N3/c1-3-8(10(12,13)9-11)7-5-4-6(7)2/h4,7-8H,3,5,11-13H2,1-2H3/t7?,8-/m0/s1. The molecule has 0 saturated carbocycles. The van der Waals surface area contributed by atoms with E-state index < -0.39 is 31.2 Å². The summed E-state index contributed by atoms with van der Waals surface area (Å²) in [5.41, 5.74) is 1.48. The van der Waals surface area contributed by atoms with Gasteiger partial charge in [0.15, 0.2) is 0 Å². The minimum atomic E-state index is -2.46. The van der Waals surface area contributed by atoms with Crippen LogP contribution < -0.4 is 11.8 Å². The summed E-state index contributed by atoms with van der Waals surface area (Å²) in [4.78, 5) is 0. The normalized spacial score (nSPS) is 26.2. The van der Waals surface area contributed by atoms with E-state index in [4.69, 9.17) is 11.8 Å². The second-order valence-electron chi connectivity index (χ2n) is 3.42. The fourth-order valence-electron chi connectivity index (χ4n) is 1.74. The molecule has 0 spiro atoms. The number of halogens is 2. The molecule has 6 N–H and O–H groups in total. The summed E-state index contributed by atoms with van der Waals surface area (Å²) in [6.45, 7) is 4.37. The van der Waals surface area contributed by atoms with Crippen molar-refractivity contribution in [1.29, 1.82) is 0 Å². The van der Waals surface area contributed by atoms with Crippen molar-refractivity contribution >= 4 is 31.2 Å². The Labute approximate surface area is 90.5 Å². The van der Waals surface area contributed by atoms with Crippen LogP contribution in [0.2, 0.25) is 0 Å². The fourth-order valence-corrected chi connectivity index (χ4v) is 12.4. The van der Waals surface area contributed by atoms with Gasteiger partial charge in [0.1, 0.15) is 0 Å². The van der Waals surface area contributed by atoms with Crippen molar-refractivity contribution in [3.8, 4) is 0 Å². The van der Waals surface area contributed by atoms with Crippen molar-refractivity contribution in [2.24, 2.45) is 17.8 Å². The molecule has 5 heteroatoms. The van der Waals surface area contributed by atoms with Crippen LogP contribution in [-0.4, -0.2) is 3.92 Å². The maximum absolute atomic E-state index is 6.20. The molecular weight excluding hydrogens is 392 g/mol. The molecule has 1 unspecified atom stereocenters. The first kappa shape index (κ1) is 12.2.